The monoisotopic (exact) mass is 317 g/mol. The molecule has 0 unspecified atom stereocenters. The normalized spacial score (nSPS) is 10.0. The van der Waals surface area contributed by atoms with Crippen LogP contribution >= 0.6 is 24.8 Å². The van der Waals surface area contributed by atoms with Crippen LogP contribution in [-0.4, -0.2) is 17.0 Å². The van der Waals surface area contributed by atoms with Crippen molar-refractivity contribution in [2.75, 3.05) is 11.9 Å². The second-order valence-corrected chi connectivity index (χ2v) is 4.89. The molecule has 0 aliphatic carbocycles. The molecule has 6 heteroatoms. The average molecular weight is 318 g/mol. The molecule has 0 fully saturated rings. The van der Waals surface area contributed by atoms with Crippen molar-refractivity contribution in [2.24, 2.45) is 11.7 Å². The largest absolute Gasteiger partial charge is 0.347 e. The van der Waals surface area contributed by atoms with Crippen LogP contribution in [0.2, 0.25) is 0 Å². The number of nitrogens with zero attached hydrogens (tertiary/aromatic N) is 1. The molecular formula is C14H21Cl2N3O. The Balaban J connectivity index is 0.00000180. The number of benzene rings is 1. The van der Waals surface area contributed by atoms with E-state index in [1.54, 1.807) is 0 Å². The molecule has 2 aromatic rings. The van der Waals surface area contributed by atoms with E-state index in [0.29, 0.717) is 5.92 Å². The average Bonchev–Trinajstić information content (AvgIpc) is 2.71. The minimum Gasteiger partial charge on any atom is -0.347 e. The Morgan fingerprint density at radius 3 is 2.60 bits per heavy atom. The Hall–Kier alpha value is -1.23. The molecule has 1 aromatic carbocycles. The summed E-state index contributed by atoms with van der Waals surface area (Å²) in [6.45, 7) is 5.40. The molecule has 1 heterocycles. The molecule has 0 spiro atoms. The number of anilines is 1. The molecule has 0 aliphatic heterocycles. The number of halogens is 2. The number of nitrogens with two attached hydrogens (primary N) is 1. The Labute approximate surface area is 131 Å². The van der Waals surface area contributed by atoms with Crippen LogP contribution in [0.4, 0.5) is 5.69 Å². The van der Waals surface area contributed by atoms with Crippen molar-refractivity contribution in [1.29, 1.82) is 0 Å². The van der Waals surface area contributed by atoms with Crippen LogP contribution in [0.5, 0.6) is 0 Å². The molecular weight excluding hydrogens is 297 g/mol. The quantitative estimate of drug-likeness (QED) is 0.910. The Morgan fingerprint density at radius 1 is 1.30 bits per heavy atom. The van der Waals surface area contributed by atoms with Gasteiger partial charge in [-0.2, -0.15) is 0 Å². The molecule has 4 nitrogen and oxygen atoms in total. The number of carbonyl (C=O) groups excluding carboxylic acids is 1. The van der Waals surface area contributed by atoms with Crippen LogP contribution in [0.1, 0.15) is 13.8 Å². The van der Waals surface area contributed by atoms with Gasteiger partial charge in [-0.05, 0) is 30.2 Å². The van der Waals surface area contributed by atoms with Crippen LogP contribution in [0.3, 0.4) is 0 Å². The number of amides is 1. The predicted octanol–water partition coefficient (Wildman–Crippen LogP) is 3.04. The van der Waals surface area contributed by atoms with Gasteiger partial charge < -0.3 is 15.6 Å². The van der Waals surface area contributed by atoms with Crippen molar-refractivity contribution in [1.82, 2.24) is 4.57 Å². The van der Waals surface area contributed by atoms with Crippen molar-refractivity contribution in [3.8, 4) is 0 Å². The maximum atomic E-state index is 11.2. The van der Waals surface area contributed by atoms with E-state index in [-0.39, 0.29) is 37.3 Å². The van der Waals surface area contributed by atoms with Gasteiger partial charge >= 0.3 is 0 Å². The van der Waals surface area contributed by atoms with Gasteiger partial charge in [-0.3, -0.25) is 4.79 Å². The summed E-state index contributed by atoms with van der Waals surface area (Å²) in [6.07, 6.45) is 2.08. The second-order valence-electron chi connectivity index (χ2n) is 4.89. The number of hydrogen-bond donors (Lipinski definition) is 2. The van der Waals surface area contributed by atoms with E-state index in [1.807, 2.05) is 18.2 Å². The molecule has 0 atom stereocenters. The van der Waals surface area contributed by atoms with Crippen molar-refractivity contribution in [3.63, 3.8) is 0 Å². The second kappa shape index (κ2) is 8.15. The summed E-state index contributed by atoms with van der Waals surface area (Å²) in [7, 11) is 0. The van der Waals surface area contributed by atoms with Gasteiger partial charge in [0.2, 0.25) is 5.91 Å². The molecule has 3 N–H and O–H groups in total. The predicted molar refractivity (Wildman–Crippen MR) is 89.0 cm³/mol. The van der Waals surface area contributed by atoms with Crippen molar-refractivity contribution >= 4 is 47.3 Å². The minimum absolute atomic E-state index is 0. The molecule has 0 aliphatic rings. The lowest BCUT2D eigenvalue weighted by Crippen LogP contribution is -2.21. The van der Waals surface area contributed by atoms with Crippen molar-refractivity contribution < 1.29 is 4.79 Å². The summed E-state index contributed by atoms with van der Waals surface area (Å²) in [6, 6.07) is 7.98. The zero-order chi connectivity index (χ0) is 13.1. The molecule has 0 saturated heterocycles. The first-order valence-electron chi connectivity index (χ1n) is 6.19. The molecule has 0 saturated carbocycles. The summed E-state index contributed by atoms with van der Waals surface area (Å²) in [4.78, 5) is 11.2. The molecule has 2 rings (SSSR count). The number of carbonyl (C=O) groups is 1. The van der Waals surface area contributed by atoms with E-state index >= 15 is 0 Å². The first-order chi connectivity index (χ1) is 8.60. The lowest BCUT2D eigenvalue weighted by atomic mass is 10.2. The van der Waals surface area contributed by atoms with E-state index in [2.05, 4.69) is 36.0 Å². The lowest BCUT2D eigenvalue weighted by molar-refractivity contribution is -0.114. The molecule has 20 heavy (non-hydrogen) atoms. The fourth-order valence-electron chi connectivity index (χ4n) is 2.04. The molecule has 112 valence electrons. The highest BCUT2D eigenvalue weighted by Gasteiger charge is 2.05. The maximum absolute atomic E-state index is 11.2. The van der Waals surface area contributed by atoms with Gasteiger partial charge in [-0.1, -0.05) is 13.8 Å². The van der Waals surface area contributed by atoms with Crippen LogP contribution in [0.15, 0.2) is 30.5 Å². The van der Waals surface area contributed by atoms with E-state index < -0.39 is 0 Å². The standard InChI is InChI=1S/C14H19N3O.2ClH/c1-10(2)9-17-6-5-11-7-12(3-4-13(11)17)16-14(18)8-15;;/h3-7,10H,8-9,15H2,1-2H3,(H,16,18);2*1H. The van der Waals surface area contributed by atoms with E-state index in [4.69, 9.17) is 5.73 Å². The number of rotatable bonds is 4. The van der Waals surface area contributed by atoms with Gasteiger partial charge in [0, 0.05) is 29.3 Å². The van der Waals surface area contributed by atoms with Crippen LogP contribution in [0.25, 0.3) is 10.9 Å². The third-order valence-corrected chi connectivity index (χ3v) is 2.80. The topological polar surface area (TPSA) is 60.0 Å². The third-order valence-electron chi connectivity index (χ3n) is 2.80. The number of nitrogens with one attached hydrogen (secondary N) is 1. The smallest absolute Gasteiger partial charge is 0.238 e. The molecule has 0 radical (unpaired) electrons. The number of hydrogen-bond acceptors (Lipinski definition) is 2. The van der Waals surface area contributed by atoms with Crippen molar-refractivity contribution in [3.05, 3.63) is 30.5 Å². The Kier molecular flexibility index (Phi) is 7.64. The SMILES string of the molecule is CC(C)Cn1ccc2cc(NC(=O)CN)ccc21.Cl.Cl. The van der Waals surface area contributed by atoms with Crippen LogP contribution < -0.4 is 11.1 Å². The summed E-state index contributed by atoms with van der Waals surface area (Å²) in [5, 5.41) is 3.89. The van der Waals surface area contributed by atoms with E-state index in [9.17, 15) is 4.79 Å². The van der Waals surface area contributed by atoms with Gasteiger partial charge in [-0.15, -0.1) is 24.8 Å². The number of aromatic nitrogens is 1. The Morgan fingerprint density at radius 2 is 2.00 bits per heavy atom. The van der Waals surface area contributed by atoms with E-state index in [1.165, 1.54) is 5.52 Å². The molecule has 0 bridgehead atoms. The fraction of sp³-hybridized carbons (Fsp3) is 0.357. The van der Waals surface area contributed by atoms with Gasteiger partial charge in [-0.25, -0.2) is 0 Å². The van der Waals surface area contributed by atoms with Gasteiger partial charge in [0.05, 0.1) is 6.54 Å². The first kappa shape index (κ1) is 18.8. The number of fused-ring (bicyclic) bond motifs is 1. The Bertz CT molecular complexity index is 567. The summed E-state index contributed by atoms with van der Waals surface area (Å²) in [5.74, 6) is 0.438. The molecule has 1 aromatic heterocycles. The maximum Gasteiger partial charge on any atom is 0.238 e. The third kappa shape index (κ3) is 4.40. The van der Waals surface area contributed by atoms with Gasteiger partial charge in [0.25, 0.3) is 0 Å². The van der Waals surface area contributed by atoms with Crippen molar-refractivity contribution in [2.45, 2.75) is 20.4 Å². The summed E-state index contributed by atoms with van der Waals surface area (Å²) >= 11 is 0. The van der Waals surface area contributed by atoms with Crippen LogP contribution in [0, 0.1) is 5.92 Å². The zero-order valence-electron chi connectivity index (χ0n) is 11.6. The lowest BCUT2D eigenvalue weighted by Gasteiger charge is -2.09. The summed E-state index contributed by atoms with van der Waals surface area (Å²) < 4.78 is 2.23. The van der Waals surface area contributed by atoms with Gasteiger partial charge in [0.15, 0.2) is 0 Å². The highest BCUT2D eigenvalue weighted by atomic mass is 35.5. The van der Waals surface area contributed by atoms with Gasteiger partial charge in [0.1, 0.15) is 0 Å². The minimum atomic E-state index is -0.170. The van der Waals surface area contributed by atoms with E-state index in [0.717, 1.165) is 17.6 Å². The summed E-state index contributed by atoms with van der Waals surface area (Å²) in [5.41, 5.74) is 7.26. The first-order valence-corrected chi connectivity index (χ1v) is 6.19. The van der Waals surface area contributed by atoms with Crippen LogP contribution in [-0.2, 0) is 11.3 Å². The molecule has 1 amide bonds. The fourth-order valence-corrected chi connectivity index (χ4v) is 2.04. The highest BCUT2D eigenvalue weighted by Crippen LogP contribution is 2.21. The highest BCUT2D eigenvalue weighted by molar-refractivity contribution is 5.94. The zero-order valence-corrected chi connectivity index (χ0v) is 13.3.